The summed E-state index contributed by atoms with van der Waals surface area (Å²) < 4.78 is 18.8. The summed E-state index contributed by atoms with van der Waals surface area (Å²) in [5.74, 6) is -1.79. The number of carboxylic acid groups (broad SMARTS) is 1. The molecule has 2 aromatic rings. The van der Waals surface area contributed by atoms with E-state index in [4.69, 9.17) is 5.11 Å². The summed E-state index contributed by atoms with van der Waals surface area (Å²) in [7, 11) is 0. The molecule has 1 aromatic carbocycles. The Bertz CT molecular complexity index is 648. The highest BCUT2D eigenvalue weighted by Crippen LogP contribution is 2.28. The van der Waals surface area contributed by atoms with Crippen LogP contribution in [0.15, 0.2) is 28.8 Å². The van der Waals surface area contributed by atoms with E-state index in [1.165, 1.54) is 12.1 Å². The first-order chi connectivity index (χ1) is 9.65. The Balaban J connectivity index is 1.90. The highest BCUT2D eigenvalue weighted by atomic mass is 19.1. The number of aromatic carboxylic acids is 1. The van der Waals surface area contributed by atoms with Gasteiger partial charge in [-0.3, -0.25) is 0 Å². The zero-order valence-corrected chi connectivity index (χ0v) is 10.7. The molecule has 104 valence electrons. The number of benzene rings is 1. The summed E-state index contributed by atoms with van der Waals surface area (Å²) in [6, 6.07) is 6.06. The Hall–Kier alpha value is -2.37. The zero-order valence-electron chi connectivity index (χ0n) is 10.7. The van der Waals surface area contributed by atoms with Crippen molar-refractivity contribution in [1.82, 2.24) is 5.16 Å². The van der Waals surface area contributed by atoms with Gasteiger partial charge in [0.25, 0.3) is 0 Å². The van der Waals surface area contributed by atoms with Crippen LogP contribution in [0.25, 0.3) is 11.3 Å². The molecule has 0 bridgehead atoms. The zero-order chi connectivity index (χ0) is 14.1. The first-order valence-corrected chi connectivity index (χ1v) is 6.40. The molecule has 0 saturated carbocycles. The minimum absolute atomic E-state index is 0.260. The molecule has 6 heteroatoms. The van der Waals surface area contributed by atoms with Crippen molar-refractivity contribution < 1.29 is 18.8 Å². The van der Waals surface area contributed by atoms with Gasteiger partial charge >= 0.3 is 5.97 Å². The van der Waals surface area contributed by atoms with Crippen LogP contribution in [0.5, 0.6) is 0 Å². The molecule has 0 atom stereocenters. The van der Waals surface area contributed by atoms with Crippen LogP contribution in [-0.4, -0.2) is 29.3 Å². The lowest BCUT2D eigenvalue weighted by Crippen LogP contribution is -2.18. The smallest absolute Gasteiger partial charge is 0.374 e. The Kier molecular flexibility index (Phi) is 3.14. The molecule has 0 radical (unpaired) electrons. The van der Waals surface area contributed by atoms with E-state index in [1.54, 1.807) is 12.1 Å². The minimum Gasteiger partial charge on any atom is -0.475 e. The molecule has 1 aliphatic rings. The van der Waals surface area contributed by atoms with Gasteiger partial charge in [-0.15, -0.1) is 0 Å². The molecule has 1 aromatic heterocycles. The Morgan fingerprint density at radius 2 is 2.05 bits per heavy atom. The Labute approximate surface area is 114 Å². The van der Waals surface area contributed by atoms with Crippen molar-refractivity contribution in [2.75, 3.05) is 18.0 Å². The summed E-state index contributed by atoms with van der Waals surface area (Å²) in [4.78, 5) is 12.7. The number of carbonyl (C=O) groups is 1. The number of anilines is 1. The van der Waals surface area contributed by atoms with E-state index in [9.17, 15) is 9.18 Å². The van der Waals surface area contributed by atoms with E-state index < -0.39 is 5.97 Å². The van der Waals surface area contributed by atoms with Crippen molar-refractivity contribution in [3.63, 3.8) is 0 Å². The molecule has 0 spiro atoms. The van der Waals surface area contributed by atoms with Crippen molar-refractivity contribution in [3.05, 3.63) is 35.8 Å². The molecule has 3 rings (SSSR count). The summed E-state index contributed by atoms with van der Waals surface area (Å²) in [5.41, 5.74) is 1.39. The topological polar surface area (TPSA) is 66.6 Å². The predicted molar refractivity (Wildman–Crippen MR) is 70.3 cm³/mol. The molecule has 20 heavy (non-hydrogen) atoms. The molecule has 5 nitrogen and oxygen atoms in total. The van der Waals surface area contributed by atoms with E-state index in [0.717, 1.165) is 25.9 Å². The largest absolute Gasteiger partial charge is 0.475 e. The standard InChI is InChI=1S/C14H13FN2O3/c15-10-7-9(11-8-13(14(18)19)20-16-11)3-4-12(10)17-5-1-2-6-17/h3-4,7-8H,1-2,5-6H2,(H,18,19). The third-order valence-corrected chi connectivity index (χ3v) is 3.41. The molecule has 1 fully saturated rings. The maximum absolute atomic E-state index is 14.1. The Morgan fingerprint density at radius 3 is 2.65 bits per heavy atom. The maximum Gasteiger partial charge on any atom is 0.374 e. The number of halogens is 1. The molecular weight excluding hydrogens is 263 g/mol. The third-order valence-electron chi connectivity index (χ3n) is 3.41. The maximum atomic E-state index is 14.1. The minimum atomic E-state index is -1.20. The second-order valence-electron chi connectivity index (χ2n) is 4.74. The lowest BCUT2D eigenvalue weighted by molar-refractivity contribution is 0.0652. The van der Waals surface area contributed by atoms with Crippen LogP contribution in [0, 0.1) is 5.82 Å². The molecule has 0 unspecified atom stereocenters. The van der Waals surface area contributed by atoms with Crippen molar-refractivity contribution in [1.29, 1.82) is 0 Å². The molecule has 1 aliphatic heterocycles. The number of aromatic nitrogens is 1. The van der Waals surface area contributed by atoms with Gasteiger partial charge in [-0.25, -0.2) is 9.18 Å². The lowest BCUT2D eigenvalue weighted by atomic mass is 10.1. The van der Waals surface area contributed by atoms with Crippen molar-refractivity contribution in [2.24, 2.45) is 0 Å². The van der Waals surface area contributed by atoms with E-state index in [2.05, 4.69) is 9.68 Å². The van der Waals surface area contributed by atoms with Crippen LogP contribution in [-0.2, 0) is 0 Å². The first kappa shape index (κ1) is 12.7. The Morgan fingerprint density at radius 1 is 1.30 bits per heavy atom. The summed E-state index contributed by atoms with van der Waals surface area (Å²) in [6.07, 6.45) is 2.15. The number of nitrogens with zero attached hydrogens (tertiary/aromatic N) is 2. The normalized spacial score (nSPS) is 14.8. The highest BCUT2D eigenvalue weighted by Gasteiger charge is 2.18. The second kappa shape index (κ2) is 4.96. The quantitative estimate of drug-likeness (QED) is 0.933. The molecule has 2 heterocycles. The van der Waals surface area contributed by atoms with E-state index in [-0.39, 0.29) is 11.6 Å². The van der Waals surface area contributed by atoms with Gasteiger partial charge in [-0.05, 0) is 25.0 Å². The van der Waals surface area contributed by atoms with E-state index >= 15 is 0 Å². The van der Waals surface area contributed by atoms with E-state index in [1.807, 2.05) is 4.90 Å². The molecule has 1 N–H and O–H groups in total. The van der Waals surface area contributed by atoms with Crippen molar-refractivity contribution >= 4 is 11.7 Å². The molecule has 1 saturated heterocycles. The van der Waals surface area contributed by atoms with Gasteiger partial charge in [-0.2, -0.15) is 0 Å². The average Bonchev–Trinajstić information content (AvgIpc) is 3.10. The highest BCUT2D eigenvalue weighted by molar-refractivity contribution is 5.85. The molecule has 0 amide bonds. The van der Waals surface area contributed by atoms with Crippen molar-refractivity contribution in [3.8, 4) is 11.3 Å². The predicted octanol–water partition coefficient (Wildman–Crippen LogP) is 2.78. The second-order valence-corrected chi connectivity index (χ2v) is 4.74. The van der Waals surface area contributed by atoms with Crippen LogP contribution in [0.4, 0.5) is 10.1 Å². The van der Waals surface area contributed by atoms with Crippen LogP contribution in [0.1, 0.15) is 23.4 Å². The fourth-order valence-electron chi connectivity index (χ4n) is 2.39. The fourth-order valence-corrected chi connectivity index (χ4v) is 2.39. The SMILES string of the molecule is O=C(O)c1cc(-c2ccc(N3CCCC3)c(F)c2)no1. The number of hydrogen-bond acceptors (Lipinski definition) is 4. The van der Waals surface area contributed by atoms with Crippen LogP contribution < -0.4 is 4.90 Å². The van der Waals surface area contributed by atoms with Gasteiger partial charge in [-0.1, -0.05) is 11.2 Å². The number of carboxylic acids is 1. The number of hydrogen-bond donors (Lipinski definition) is 1. The van der Waals surface area contributed by atoms with E-state index in [0.29, 0.717) is 16.9 Å². The molecule has 0 aliphatic carbocycles. The lowest BCUT2D eigenvalue weighted by Gasteiger charge is -2.18. The fraction of sp³-hybridized carbons (Fsp3) is 0.286. The monoisotopic (exact) mass is 276 g/mol. The summed E-state index contributed by atoms with van der Waals surface area (Å²) in [6.45, 7) is 1.73. The summed E-state index contributed by atoms with van der Waals surface area (Å²) in [5, 5.41) is 12.4. The van der Waals surface area contributed by atoms with Gasteiger partial charge in [0, 0.05) is 24.7 Å². The van der Waals surface area contributed by atoms with Gasteiger partial charge < -0.3 is 14.5 Å². The first-order valence-electron chi connectivity index (χ1n) is 6.40. The van der Waals surface area contributed by atoms with Gasteiger partial charge in [0.15, 0.2) is 0 Å². The summed E-state index contributed by atoms with van der Waals surface area (Å²) >= 11 is 0. The van der Waals surface area contributed by atoms with Gasteiger partial charge in [0.2, 0.25) is 5.76 Å². The number of rotatable bonds is 3. The van der Waals surface area contributed by atoms with Gasteiger partial charge in [0.1, 0.15) is 11.5 Å². The van der Waals surface area contributed by atoms with Crippen LogP contribution in [0.3, 0.4) is 0 Å². The van der Waals surface area contributed by atoms with Crippen molar-refractivity contribution in [2.45, 2.75) is 12.8 Å². The average molecular weight is 276 g/mol. The third kappa shape index (κ3) is 2.24. The van der Waals surface area contributed by atoms with Crippen LogP contribution >= 0.6 is 0 Å². The van der Waals surface area contributed by atoms with Gasteiger partial charge in [0.05, 0.1) is 5.69 Å². The molecular formula is C14H13FN2O3. The van der Waals surface area contributed by atoms with Crippen LogP contribution in [0.2, 0.25) is 0 Å².